The minimum atomic E-state index is -3.37. The van der Waals surface area contributed by atoms with E-state index in [0.717, 1.165) is 12.8 Å². The molecule has 0 aliphatic heterocycles. The van der Waals surface area contributed by atoms with E-state index in [2.05, 4.69) is 6.92 Å². The third kappa shape index (κ3) is 10.1. The molecule has 0 saturated heterocycles. The maximum absolute atomic E-state index is 10.6. The monoisotopic (exact) mass is 228 g/mol. The maximum Gasteiger partial charge on any atom is 0.232 e. The van der Waals surface area contributed by atoms with Gasteiger partial charge in [0.15, 0.2) is 0 Å². The highest BCUT2D eigenvalue weighted by molar-refractivity contribution is 8.13. The second kappa shape index (κ2) is 6.62. The van der Waals surface area contributed by atoms with Gasteiger partial charge in [0, 0.05) is 17.3 Å². The lowest BCUT2D eigenvalue weighted by atomic mass is 10.2. The SMILES string of the molecule is CCCCOCC(C)CS(=O)(=O)Cl. The zero-order valence-electron chi connectivity index (χ0n) is 8.12. The molecule has 0 aromatic rings. The van der Waals surface area contributed by atoms with Gasteiger partial charge in [-0.1, -0.05) is 20.3 Å². The van der Waals surface area contributed by atoms with Crippen LogP contribution in [0.25, 0.3) is 0 Å². The molecule has 0 rings (SSSR count). The van der Waals surface area contributed by atoms with E-state index in [-0.39, 0.29) is 11.7 Å². The summed E-state index contributed by atoms with van der Waals surface area (Å²) in [7, 11) is 1.71. The fourth-order valence-electron chi connectivity index (χ4n) is 0.919. The molecule has 80 valence electrons. The van der Waals surface area contributed by atoms with Crippen LogP contribution in [0.4, 0.5) is 0 Å². The Morgan fingerprint density at radius 1 is 1.46 bits per heavy atom. The van der Waals surface area contributed by atoms with E-state index in [1.54, 1.807) is 0 Å². The molecular weight excluding hydrogens is 212 g/mol. The van der Waals surface area contributed by atoms with Gasteiger partial charge in [0.1, 0.15) is 0 Å². The summed E-state index contributed by atoms with van der Waals surface area (Å²) in [5.74, 6) is -0.0416. The molecule has 13 heavy (non-hydrogen) atoms. The summed E-state index contributed by atoms with van der Waals surface area (Å²) in [4.78, 5) is 0. The van der Waals surface area contributed by atoms with Gasteiger partial charge in [-0.3, -0.25) is 0 Å². The molecule has 0 aliphatic carbocycles. The highest BCUT2D eigenvalue weighted by atomic mass is 35.7. The van der Waals surface area contributed by atoms with E-state index in [1.165, 1.54) is 0 Å². The van der Waals surface area contributed by atoms with Crippen LogP contribution in [0.1, 0.15) is 26.7 Å². The normalized spacial score (nSPS) is 14.4. The molecule has 3 nitrogen and oxygen atoms in total. The summed E-state index contributed by atoms with van der Waals surface area (Å²) in [5, 5.41) is 0. The first-order chi connectivity index (χ1) is 5.95. The third-order valence-corrected chi connectivity index (χ3v) is 2.87. The van der Waals surface area contributed by atoms with Crippen molar-refractivity contribution in [3.05, 3.63) is 0 Å². The molecule has 0 N–H and O–H groups in total. The van der Waals surface area contributed by atoms with Gasteiger partial charge in [-0.15, -0.1) is 0 Å². The predicted octanol–water partition coefficient (Wildman–Crippen LogP) is 2.01. The molecule has 0 spiro atoms. The smallest absolute Gasteiger partial charge is 0.232 e. The fraction of sp³-hybridized carbons (Fsp3) is 1.00. The van der Waals surface area contributed by atoms with Gasteiger partial charge in [-0.05, 0) is 12.3 Å². The van der Waals surface area contributed by atoms with E-state index in [0.29, 0.717) is 13.2 Å². The van der Waals surface area contributed by atoms with Crippen molar-refractivity contribution in [3.8, 4) is 0 Å². The summed E-state index contributed by atoms with van der Waals surface area (Å²) in [6.07, 6.45) is 2.10. The number of unbranched alkanes of at least 4 members (excludes halogenated alkanes) is 1. The van der Waals surface area contributed by atoms with Crippen LogP contribution >= 0.6 is 10.7 Å². The summed E-state index contributed by atoms with van der Waals surface area (Å²) in [5.41, 5.74) is 0. The molecule has 0 aromatic heterocycles. The zero-order chi connectivity index (χ0) is 10.3. The highest BCUT2D eigenvalue weighted by Gasteiger charge is 2.12. The van der Waals surface area contributed by atoms with Crippen LogP contribution in [-0.4, -0.2) is 27.4 Å². The lowest BCUT2D eigenvalue weighted by Gasteiger charge is -2.09. The van der Waals surface area contributed by atoms with E-state index < -0.39 is 9.05 Å². The van der Waals surface area contributed by atoms with Crippen LogP contribution in [0, 0.1) is 5.92 Å². The number of hydrogen-bond acceptors (Lipinski definition) is 3. The predicted molar refractivity (Wildman–Crippen MR) is 54.5 cm³/mol. The van der Waals surface area contributed by atoms with Crippen LogP contribution in [-0.2, 0) is 13.8 Å². The van der Waals surface area contributed by atoms with Gasteiger partial charge >= 0.3 is 0 Å². The van der Waals surface area contributed by atoms with Crippen LogP contribution in [0.15, 0.2) is 0 Å². The van der Waals surface area contributed by atoms with Crippen molar-refractivity contribution in [2.75, 3.05) is 19.0 Å². The Morgan fingerprint density at radius 2 is 2.08 bits per heavy atom. The fourth-order valence-corrected chi connectivity index (χ4v) is 2.34. The topological polar surface area (TPSA) is 43.4 Å². The number of hydrogen-bond donors (Lipinski definition) is 0. The third-order valence-electron chi connectivity index (χ3n) is 1.53. The highest BCUT2D eigenvalue weighted by Crippen LogP contribution is 2.06. The van der Waals surface area contributed by atoms with Crippen molar-refractivity contribution >= 4 is 19.7 Å². The Morgan fingerprint density at radius 3 is 2.54 bits per heavy atom. The van der Waals surface area contributed by atoms with Crippen molar-refractivity contribution < 1.29 is 13.2 Å². The van der Waals surface area contributed by atoms with Gasteiger partial charge in [-0.2, -0.15) is 0 Å². The summed E-state index contributed by atoms with van der Waals surface area (Å²) in [6, 6.07) is 0. The van der Waals surface area contributed by atoms with Crippen LogP contribution in [0.2, 0.25) is 0 Å². The lowest BCUT2D eigenvalue weighted by molar-refractivity contribution is 0.108. The molecule has 0 fully saturated rings. The quantitative estimate of drug-likeness (QED) is 0.495. The second-order valence-electron chi connectivity index (χ2n) is 3.24. The number of halogens is 1. The molecule has 0 bridgehead atoms. The Kier molecular flexibility index (Phi) is 6.73. The molecule has 0 aliphatic rings. The Bertz CT molecular complexity index is 213. The zero-order valence-corrected chi connectivity index (χ0v) is 9.70. The average molecular weight is 229 g/mol. The van der Waals surface area contributed by atoms with Crippen LogP contribution in [0.5, 0.6) is 0 Å². The van der Waals surface area contributed by atoms with Crippen LogP contribution in [0.3, 0.4) is 0 Å². The molecule has 0 aromatic carbocycles. The van der Waals surface area contributed by atoms with Gasteiger partial charge < -0.3 is 4.74 Å². The lowest BCUT2D eigenvalue weighted by Crippen LogP contribution is -2.15. The molecule has 0 heterocycles. The minimum absolute atomic E-state index is 0.0132. The number of ether oxygens (including phenoxy) is 1. The van der Waals surface area contributed by atoms with Crippen molar-refractivity contribution in [1.82, 2.24) is 0 Å². The van der Waals surface area contributed by atoms with Gasteiger partial charge in [-0.25, -0.2) is 8.42 Å². The molecule has 1 atom stereocenters. The molecule has 0 radical (unpaired) electrons. The van der Waals surface area contributed by atoms with Crippen molar-refractivity contribution in [1.29, 1.82) is 0 Å². The minimum Gasteiger partial charge on any atom is -0.381 e. The molecule has 1 unspecified atom stereocenters. The first-order valence-electron chi connectivity index (χ1n) is 4.45. The first-order valence-corrected chi connectivity index (χ1v) is 6.93. The number of rotatable bonds is 7. The molecular formula is C8H17ClO3S. The Labute approximate surface area is 84.8 Å². The largest absolute Gasteiger partial charge is 0.381 e. The standard InChI is InChI=1S/C8H17ClO3S/c1-3-4-5-12-6-8(2)7-13(9,10)11/h8H,3-7H2,1-2H3. The van der Waals surface area contributed by atoms with Gasteiger partial charge in [0.2, 0.25) is 9.05 Å². The van der Waals surface area contributed by atoms with Crippen molar-refractivity contribution in [3.63, 3.8) is 0 Å². The molecule has 5 heteroatoms. The molecule has 0 saturated carbocycles. The Balaban J connectivity index is 3.47. The first kappa shape index (κ1) is 13.2. The van der Waals surface area contributed by atoms with E-state index in [4.69, 9.17) is 15.4 Å². The maximum atomic E-state index is 10.6. The molecule has 0 amide bonds. The summed E-state index contributed by atoms with van der Waals surface area (Å²) < 4.78 is 26.5. The van der Waals surface area contributed by atoms with Crippen molar-refractivity contribution in [2.45, 2.75) is 26.7 Å². The van der Waals surface area contributed by atoms with Crippen LogP contribution < -0.4 is 0 Å². The van der Waals surface area contributed by atoms with Crippen molar-refractivity contribution in [2.24, 2.45) is 5.92 Å². The average Bonchev–Trinajstić information content (AvgIpc) is 1.94. The van der Waals surface area contributed by atoms with E-state index in [9.17, 15) is 8.42 Å². The summed E-state index contributed by atoms with van der Waals surface area (Å²) >= 11 is 0. The van der Waals surface area contributed by atoms with E-state index >= 15 is 0 Å². The Hall–Kier alpha value is 0.200. The van der Waals surface area contributed by atoms with E-state index in [1.807, 2.05) is 6.92 Å². The summed E-state index contributed by atoms with van der Waals surface area (Å²) in [6.45, 7) is 5.05. The second-order valence-corrected chi connectivity index (χ2v) is 6.06. The van der Waals surface area contributed by atoms with Gasteiger partial charge in [0.05, 0.1) is 12.4 Å². The van der Waals surface area contributed by atoms with Gasteiger partial charge in [0.25, 0.3) is 0 Å².